The zero-order valence-electron chi connectivity index (χ0n) is 8.09. The van der Waals surface area contributed by atoms with Gasteiger partial charge in [-0.15, -0.1) is 0 Å². The van der Waals surface area contributed by atoms with Crippen LogP contribution in [0.2, 0.25) is 0 Å². The molecule has 1 aromatic rings. The molecule has 0 bridgehead atoms. The molecule has 1 rings (SSSR count). The van der Waals surface area contributed by atoms with Gasteiger partial charge in [-0.05, 0) is 37.6 Å². The highest BCUT2D eigenvalue weighted by Gasteiger charge is 2.05. The van der Waals surface area contributed by atoms with Crippen molar-refractivity contribution in [3.8, 4) is 0 Å². The van der Waals surface area contributed by atoms with Gasteiger partial charge in [-0.2, -0.15) is 0 Å². The summed E-state index contributed by atoms with van der Waals surface area (Å²) >= 11 is 6.77. The Kier molecular flexibility index (Phi) is 4.35. The van der Waals surface area contributed by atoms with E-state index >= 15 is 0 Å². The molecule has 0 radical (unpaired) electrons. The summed E-state index contributed by atoms with van der Waals surface area (Å²) in [6, 6.07) is 5.77. The van der Waals surface area contributed by atoms with Crippen molar-refractivity contribution in [3.05, 3.63) is 44.4 Å². The normalized spacial score (nSPS) is 12.4. The van der Waals surface area contributed by atoms with E-state index in [9.17, 15) is 5.11 Å². The fraction of sp³-hybridized carbons (Fsp3) is 0.273. The summed E-state index contributed by atoms with van der Waals surface area (Å²) in [5.41, 5.74) is 1.99. The average Bonchev–Trinajstić information content (AvgIpc) is 2.00. The van der Waals surface area contributed by atoms with Crippen LogP contribution >= 0.6 is 31.9 Å². The fourth-order valence-corrected chi connectivity index (χ4v) is 2.49. The van der Waals surface area contributed by atoms with E-state index in [1.54, 1.807) is 0 Å². The van der Waals surface area contributed by atoms with Crippen molar-refractivity contribution < 1.29 is 5.11 Å². The zero-order valence-corrected chi connectivity index (χ0v) is 11.3. The first-order chi connectivity index (χ1) is 6.49. The Morgan fingerprint density at radius 2 is 1.71 bits per heavy atom. The van der Waals surface area contributed by atoms with Crippen LogP contribution in [0.1, 0.15) is 25.5 Å². The second kappa shape index (κ2) is 5.10. The minimum atomic E-state index is -0.534. The number of benzene rings is 1. The molecule has 0 fully saturated rings. The van der Waals surface area contributed by atoms with E-state index in [2.05, 4.69) is 31.9 Å². The molecular formula is C11H12Br2O. The Hall–Kier alpha value is -0.120. The Morgan fingerprint density at radius 1 is 1.21 bits per heavy atom. The van der Waals surface area contributed by atoms with Crippen molar-refractivity contribution in [2.75, 3.05) is 0 Å². The lowest BCUT2D eigenvalue weighted by molar-refractivity contribution is 0.227. The SMILES string of the molecule is CC(C)=CC(O)c1cc(Br)cc(Br)c1. The maximum absolute atomic E-state index is 9.82. The van der Waals surface area contributed by atoms with Crippen molar-refractivity contribution in [2.24, 2.45) is 0 Å². The first kappa shape index (κ1) is 12.0. The summed E-state index contributed by atoms with van der Waals surface area (Å²) in [5, 5.41) is 9.82. The largest absolute Gasteiger partial charge is 0.384 e. The first-order valence-electron chi connectivity index (χ1n) is 4.28. The smallest absolute Gasteiger partial charge is 0.0974 e. The van der Waals surface area contributed by atoms with Gasteiger partial charge in [0.05, 0.1) is 6.10 Å². The lowest BCUT2D eigenvalue weighted by Gasteiger charge is -2.08. The van der Waals surface area contributed by atoms with E-state index in [1.807, 2.05) is 38.1 Å². The standard InChI is InChI=1S/C11H12Br2O/c1-7(2)3-11(14)8-4-9(12)6-10(13)5-8/h3-6,11,14H,1-2H3. The second-order valence-electron chi connectivity index (χ2n) is 3.39. The molecule has 0 saturated heterocycles. The van der Waals surface area contributed by atoms with Gasteiger partial charge in [0, 0.05) is 8.95 Å². The number of allylic oxidation sites excluding steroid dienone is 1. The minimum Gasteiger partial charge on any atom is -0.384 e. The van der Waals surface area contributed by atoms with E-state index in [4.69, 9.17) is 0 Å². The molecule has 0 aromatic heterocycles. The van der Waals surface area contributed by atoms with Crippen LogP contribution < -0.4 is 0 Å². The third kappa shape index (κ3) is 3.56. The lowest BCUT2D eigenvalue weighted by Crippen LogP contribution is -1.93. The molecule has 14 heavy (non-hydrogen) atoms. The Bertz CT molecular complexity index is 334. The predicted octanol–water partition coefficient (Wildman–Crippen LogP) is 4.21. The maximum atomic E-state index is 9.82. The van der Waals surface area contributed by atoms with Crippen molar-refractivity contribution >= 4 is 31.9 Å². The minimum absolute atomic E-state index is 0.534. The lowest BCUT2D eigenvalue weighted by atomic mass is 10.1. The number of aliphatic hydroxyl groups is 1. The van der Waals surface area contributed by atoms with Gasteiger partial charge in [-0.3, -0.25) is 0 Å². The second-order valence-corrected chi connectivity index (χ2v) is 5.22. The van der Waals surface area contributed by atoms with E-state index in [1.165, 1.54) is 0 Å². The topological polar surface area (TPSA) is 20.2 Å². The monoisotopic (exact) mass is 318 g/mol. The van der Waals surface area contributed by atoms with Crippen LogP contribution in [0.3, 0.4) is 0 Å². The van der Waals surface area contributed by atoms with Gasteiger partial charge in [0.1, 0.15) is 0 Å². The third-order valence-corrected chi connectivity index (χ3v) is 2.63. The summed E-state index contributed by atoms with van der Waals surface area (Å²) in [7, 11) is 0. The highest BCUT2D eigenvalue weighted by atomic mass is 79.9. The summed E-state index contributed by atoms with van der Waals surface area (Å²) in [6.45, 7) is 3.94. The summed E-state index contributed by atoms with van der Waals surface area (Å²) < 4.78 is 1.92. The van der Waals surface area contributed by atoms with Gasteiger partial charge in [-0.1, -0.05) is 43.5 Å². The first-order valence-corrected chi connectivity index (χ1v) is 5.86. The average molecular weight is 320 g/mol. The van der Waals surface area contributed by atoms with Crippen molar-refractivity contribution in [1.29, 1.82) is 0 Å². The molecule has 1 nitrogen and oxygen atoms in total. The summed E-state index contributed by atoms with van der Waals surface area (Å²) in [4.78, 5) is 0. The van der Waals surface area contributed by atoms with E-state index < -0.39 is 6.10 Å². The van der Waals surface area contributed by atoms with Crippen LogP contribution in [0.25, 0.3) is 0 Å². The molecule has 0 aliphatic rings. The summed E-state index contributed by atoms with van der Waals surface area (Å²) in [5.74, 6) is 0. The number of hydrogen-bond acceptors (Lipinski definition) is 1. The van der Waals surface area contributed by atoms with Gasteiger partial charge in [0.15, 0.2) is 0 Å². The van der Waals surface area contributed by atoms with Crippen LogP contribution in [0.4, 0.5) is 0 Å². The van der Waals surface area contributed by atoms with Crippen LogP contribution in [-0.2, 0) is 0 Å². The van der Waals surface area contributed by atoms with Crippen LogP contribution in [-0.4, -0.2) is 5.11 Å². The van der Waals surface area contributed by atoms with Crippen molar-refractivity contribution in [2.45, 2.75) is 20.0 Å². The Morgan fingerprint density at radius 3 is 2.14 bits per heavy atom. The Balaban J connectivity index is 3.01. The molecule has 3 heteroatoms. The molecule has 0 aliphatic carbocycles. The number of aliphatic hydroxyl groups excluding tert-OH is 1. The molecule has 76 valence electrons. The van der Waals surface area contributed by atoms with Gasteiger partial charge < -0.3 is 5.11 Å². The van der Waals surface area contributed by atoms with Crippen LogP contribution in [0.15, 0.2) is 38.8 Å². The molecule has 0 heterocycles. The molecule has 0 saturated carbocycles. The predicted molar refractivity (Wildman–Crippen MR) is 66.2 cm³/mol. The van der Waals surface area contributed by atoms with Crippen LogP contribution in [0, 0.1) is 0 Å². The quantitative estimate of drug-likeness (QED) is 0.809. The third-order valence-electron chi connectivity index (χ3n) is 1.72. The molecular weight excluding hydrogens is 308 g/mol. The molecule has 1 N–H and O–H groups in total. The molecule has 1 unspecified atom stereocenters. The highest BCUT2D eigenvalue weighted by Crippen LogP contribution is 2.25. The molecule has 1 aromatic carbocycles. The van der Waals surface area contributed by atoms with Gasteiger partial charge in [0.25, 0.3) is 0 Å². The molecule has 0 amide bonds. The van der Waals surface area contributed by atoms with Gasteiger partial charge in [-0.25, -0.2) is 0 Å². The maximum Gasteiger partial charge on any atom is 0.0974 e. The van der Waals surface area contributed by atoms with Crippen molar-refractivity contribution in [3.63, 3.8) is 0 Å². The molecule has 1 atom stereocenters. The Labute approximate surface area is 101 Å². The van der Waals surface area contributed by atoms with E-state index in [-0.39, 0.29) is 0 Å². The molecule has 0 aliphatic heterocycles. The number of halogens is 2. The van der Waals surface area contributed by atoms with Crippen molar-refractivity contribution in [1.82, 2.24) is 0 Å². The van der Waals surface area contributed by atoms with E-state index in [0.717, 1.165) is 20.1 Å². The fourth-order valence-electron chi connectivity index (χ4n) is 1.16. The zero-order chi connectivity index (χ0) is 10.7. The molecule has 0 spiro atoms. The van der Waals surface area contributed by atoms with E-state index in [0.29, 0.717) is 0 Å². The summed E-state index contributed by atoms with van der Waals surface area (Å²) in [6.07, 6.45) is 1.29. The number of hydrogen-bond donors (Lipinski definition) is 1. The van der Waals surface area contributed by atoms with Gasteiger partial charge >= 0.3 is 0 Å². The van der Waals surface area contributed by atoms with Gasteiger partial charge in [0.2, 0.25) is 0 Å². The number of rotatable bonds is 2. The van der Waals surface area contributed by atoms with Crippen LogP contribution in [0.5, 0.6) is 0 Å². The highest BCUT2D eigenvalue weighted by molar-refractivity contribution is 9.11.